The highest BCUT2D eigenvalue weighted by atomic mass is 16.6. The van der Waals surface area contributed by atoms with E-state index in [1.807, 2.05) is 60.7 Å². The zero-order chi connectivity index (χ0) is 73.2. The lowest BCUT2D eigenvalue weighted by Gasteiger charge is -2.15. The average molecular weight is 1430 g/mol. The molecule has 0 unspecified atom stereocenters. The van der Waals surface area contributed by atoms with Crippen LogP contribution in [0.4, 0.5) is 5.69 Å². The Morgan fingerprint density at radius 1 is 0.305 bits per heavy atom. The van der Waals surface area contributed by atoms with Gasteiger partial charge in [-0.25, -0.2) is 29.9 Å². The summed E-state index contributed by atoms with van der Waals surface area (Å²) < 4.78 is 41.9. The zero-order valence-corrected chi connectivity index (χ0v) is 64.3. The summed E-state index contributed by atoms with van der Waals surface area (Å²) in [5, 5.41) is 14.6. The van der Waals surface area contributed by atoms with Crippen LogP contribution in [0.5, 0.6) is 34.5 Å². The summed E-state index contributed by atoms with van der Waals surface area (Å²) >= 11 is 0. The van der Waals surface area contributed by atoms with E-state index in [0.29, 0.717) is 131 Å². The summed E-state index contributed by atoms with van der Waals surface area (Å²) in [5.41, 5.74) is 6.50. The second-order valence-corrected chi connectivity index (χ2v) is 28.7. The normalized spacial score (nSPS) is 11.8. The molecule has 17 nitrogen and oxygen atoms in total. The number of rotatable bonds is 51. The number of unbranched alkanes of at least 4 members (excludes halogenated alkanes) is 30. The molecule has 3 aromatic heterocycles. The van der Waals surface area contributed by atoms with Crippen molar-refractivity contribution in [2.75, 3.05) is 39.6 Å². The highest BCUT2D eigenvalue weighted by Crippen LogP contribution is 2.49. The lowest BCUT2D eigenvalue weighted by Crippen LogP contribution is -2.03. The van der Waals surface area contributed by atoms with E-state index in [0.717, 1.165) is 159 Å². The second-order valence-electron chi connectivity index (χ2n) is 28.7. The molecular formula is C88H119N9O8. The molecule has 17 heteroatoms. The van der Waals surface area contributed by atoms with Crippen molar-refractivity contribution in [1.82, 2.24) is 39.9 Å². The predicted octanol–water partition coefficient (Wildman–Crippen LogP) is 25.4. The van der Waals surface area contributed by atoms with E-state index in [9.17, 15) is 10.1 Å². The molecule has 0 radical (unpaired) electrons. The molecule has 0 fully saturated rings. The van der Waals surface area contributed by atoms with Crippen LogP contribution in [0.1, 0.15) is 284 Å². The number of hydrogen-bond acceptors (Lipinski definition) is 14. The molecule has 8 aromatic rings. The molecule has 0 saturated heterocycles. The van der Waals surface area contributed by atoms with Crippen LogP contribution in [0.25, 0.3) is 102 Å². The number of fused-ring (bicyclic) bond motifs is 20. The van der Waals surface area contributed by atoms with Gasteiger partial charge in [-0.3, -0.25) is 10.1 Å². The highest BCUT2D eigenvalue weighted by molar-refractivity contribution is 6.14. The molecule has 0 amide bonds. The third kappa shape index (κ3) is 22.5. The first kappa shape index (κ1) is 79.0. The van der Waals surface area contributed by atoms with Gasteiger partial charge in [-0.05, 0) is 110 Å². The van der Waals surface area contributed by atoms with Crippen molar-refractivity contribution in [2.24, 2.45) is 0 Å². The maximum atomic E-state index is 11.7. The predicted molar refractivity (Wildman–Crippen MR) is 431 cm³/mol. The summed E-state index contributed by atoms with van der Waals surface area (Å²) in [6, 6.07) is 24.9. The fraction of sp³-hybridized carbons (Fsp3) is 0.545. The Hall–Kier alpha value is -8.60. The van der Waals surface area contributed by atoms with Crippen LogP contribution in [0, 0.1) is 10.1 Å². The third-order valence-corrected chi connectivity index (χ3v) is 20.2. The molecule has 2 N–H and O–H groups in total. The monoisotopic (exact) mass is 1430 g/mol. The molecule has 0 aliphatic carbocycles. The van der Waals surface area contributed by atoms with Gasteiger partial charge in [0.25, 0.3) is 5.69 Å². The lowest BCUT2D eigenvalue weighted by molar-refractivity contribution is -0.384. The fourth-order valence-corrected chi connectivity index (χ4v) is 14.1. The average Bonchev–Trinajstić information content (AvgIpc) is 1.59. The van der Waals surface area contributed by atoms with Gasteiger partial charge in [0.15, 0.2) is 23.3 Å². The highest BCUT2D eigenvalue weighted by Gasteiger charge is 2.31. The number of benzene rings is 5. The van der Waals surface area contributed by atoms with Crippen LogP contribution < -0.4 is 28.4 Å². The van der Waals surface area contributed by atoms with E-state index in [2.05, 4.69) is 57.6 Å². The van der Waals surface area contributed by atoms with Gasteiger partial charge in [0.2, 0.25) is 0 Å². The Morgan fingerprint density at radius 2 is 0.581 bits per heavy atom. The summed E-state index contributed by atoms with van der Waals surface area (Å²) in [5.74, 6) is 5.44. The van der Waals surface area contributed by atoms with E-state index < -0.39 is 0 Å². The maximum absolute atomic E-state index is 11.7. The van der Waals surface area contributed by atoms with Crippen molar-refractivity contribution in [1.29, 1.82) is 0 Å². The van der Waals surface area contributed by atoms with Gasteiger partial charge >= 0.3 is 0 Å². The molecule has 0 atom stereocenters. The van der Waals surface area contributed by atoms with Crippen molar-refractivity contribution in [3.63, 3.8) is 0 Å². The number of aromatic nitrogens is 8. The quantitative estimate of drug-likeness (QED) is 0.0157. The number of ether oxygens (including phenoxy) is 6. The number of nitro benzene ring substituents is 1. The molecule has 564 valence electrons. The van der Waals surface area contributed by atoms with Crippen LogP contribution in [0.15, 0.2) is 78.9 Å². The largest absolute Gasteiger partial charge is 0.493 e. The smallest absolute Gasteiger partial charge is 0.269 e. The topological polar surface area (TPSA) is 207 Å². The number of H-pyrrole nitrogens is 2. The Balaban J connectivity index is 1.27. The first-order valence-corrected chi connectivity index (χ1v) is 40.9. The Bertz CT molecular complexity index is 4220. The van der Waals surface area contributed by atoms with Crippen LogP contribution >= 0.6 is 0 Å². The first-order chi connectivity index (χ1) is 51.7. The second kappa shape index (κ2) is 43.1. The van der Waals surface area contributed by atoms with E-state index in [4.69, 9.17) is 58.3 Å². The number of hydrogen-bond donors (Lipinski definition) is 2. The van der Waals surface area contributed by atoms with E-state index in [-0.39, 0.29) is 10.6 Å². The van der Waals surface area contributed by atoms with Gasteiger partial charge in [-0.1, -0.05) is 252 Å². The Kier molecular flexibility index (Phi) is 32.4. The molecule has 105 heavy (non-hydrogen) atoms. The van der Waals surface area contributed by atoms with Crippen molar-refractivity contribution in [3.05, 3.63) is 100 Å². The van der Waals surface area contributed by atoms with Gasteiger partial charge in [0.05, 0.1) is 77.2 Å². The molecule has 2 aliphatic heterocycles. The van der Waals surface area contributed by atoms with Crippen LogP contribution in [-0.2, 0) is 0 Å². The van der Waals surface area contributed by atoms with Crippen molar-refractivity contribution < 1.29 is 33.3 Å². The summed E-state index contributed by atoms with van der Waals surface area (Å²) in [6.45, 7) is 16.6. The van der Waals surface area contributed by atoms with Gasteiger partial charge in [0, 0.05) is 23.3 Å². The van der Waals surface area contributed by atoms with Crippen LogP contribution in [0.3, 0.4) is 0 Å². The Morgan fingerprint density at radius 3 is 0.952 bits per heavy atom. The van der Waals surface area contributed by atoms with Crippen molar-refractivity contribution >= 4 is 62.0 Å². The van der Waals surface area contributed by atoms with E-state index in [1.165, 1.54) is 128 Å². The number of nitrogens with zero attached hydrogens (tertiary/aromatic N) is 7. The van der Waals surface area contributed by atoms with E-state index in [1.54, 1.807) is 12.1 Å². The molecule has 5 heterocycles. The Labute approximate surface area is 624 Å². The standard InChI is InChI=1S/C88H119N9O8/c1-7-13-19-25-31-37-57-100-69-51-53-71(102-59-39-33-27-21-15-9-3)77-75(69)83-90-81-67-50-47-65(44-43-64-45-48-66(49-46-64)97(98)99)63-68(67)82(89-81)91-84-76-70(101-58-38-32-26-20-14-8-2)52-54-72(103-60-40-34-28-22-16-10-4)78(76)86(93-84)95-88-80-74(105-62-42-36-30-24-18-12-6)56-55-73(104-61-41-35-29-23-17-11-5)79(80)87(96-88)94-85(77)92-83/h43-56,63H,7-42,57-62H2,1-6H3,(H2,89,90,91,92,93,94,95,96)/b44-43+. The van der Waals surface area contributed by atoms with Crippen LogP contribution in [0.2, 0.25) is 0 Å². The summed E-state index contributed by atoms with van der Waals surface area (Å²) in [6.07, 6.45) is 44.2. The summed E-state index contributed by atoms with van der Waals surface area (Å²) in [7, 11) is 0. The molecule has 5 aromatic carbocycles. The minimum Gasteiger partial charge on any atom is -0.493 e. The number of aromatic amines is 2. The minimum absolute atomic E-state index is 0.0306. The van der Waals surface area contributed by atoms with Gasteiger partial charge in [-0.15, -0.1) is 0 Å². The van der Waals surface area contributed by atoms with Gasteiger partial charge in [-0.2, -0.15) is 0 Å². The zero-order valence-electron chi connectivity index (χ0n) is 64.3. The van der Waals surface area contributed by atoms with Crippen LogP contribution in [-0.4, -0.2) is 84.4 Å². The lowest BCUT2D eigenvalue weighted by atomic mass is 10.0. The van der Waals surface area contributed by atoms with Gasteiger partial charge < -0.3 is 38.4 Å². The molecule has 2 aliphatic rings. The number of non-ortho nitro benzene ring substituents is 1. The number of nitrogens with one attached hydrogen (secondary N) is 2. The molecule has 0 spiro atoms. The van der Waals surface area contributed by atoms with Gasteiger partial charge in [0.1, 0.15) is 57.1 Å². The first-order valence-electron chi connectivity index (χ1n) is 40.9. The molecular weight excluding hydrogens is 1310 g/mol. The summed E-state index contributed by atoms with van der Waals surface area (Å²) in [4.78, 5) is 52.7. The SMILES string of the molecule is CCCCCCCCOc1ccc(OCCCCCCCC)c2c1-c1nc3nc(nc4[nH]c(nc5[nH]c(nc-2n1)c1c(OCCCCCCCC)ccc(OCCCCCCCC)c51)c1c(OCCCCCCCC)ccc(OCCCCCCCC)c41)-c1ccc(/C=C/c2ccc([N+](=O)[O-])cc2)cc1-3. The van der Waals surface area contributed by atoms with Crippen molar-refractivity contribution in [2.45, 2.75) is 273 Å². The van der Waals surface area contributed by atoms with E-state index >= 15 is 0 Å². The fourth-order valence-electron chi connectivity index (χ4n) is 14.1. The minimum atomic E-state index is -0.383. The molecule has 8 bridgehead atoms. The maximum Gasteiger partial charge on any atom is 0.269 e. The third-order valence-electron chi connectivity index (χ3n) is 20.2. The number of nitro groups is 1. The molecule has 10 rings (SSSR count). The molecule has 0 saturated carbocycles. The van der Waals surface area contributed by atoms with Crippen molar-refractivity contribution in [3.8, 4) is 80.0 Å².